The van der Waals surface area contributed by atoms with Crippen LogP contribution < -0.4 is 4.90 Å². The van der Waals surface area contributed by atoms with E-state index in [0.717, 1.165) is 36.8 Å². The van der Waals surface area contributed by atoms with Crippen LogP contribution in [-0.4, -0.2) is 46.5 Å². The fraction of sp³-hybridized carbons (Fsp3) is 0.211. The number of nitrogens with zero attached hydrogens (tertiary/aromatic N) is 10. The highest BCUT2D eigenvalue weighted by Gasteiger charge is 2.24. The lowest BCUT2D eigenvalue weighted by molar-refractivity contribution is 0.551. The molecule has 10 heteroatoms. The molecule has 0 unspecified atom stereocenters. The van der Waals surface area contributed by atoms with Crippen molar-refractivity contribution in [3.8, 4) is 23.1 Å². The molecule has 29 heavy (non-hydrogen) atoms. The normalized spacial score (nSPS) is 13.1. The smallest absolute Gasteiger partial charge is 0.227 e. The number of benzene rings is 1. The van der Waals surface area contributed by atoms with Crippen LogP contribution in [0.25, 0.3) is 17.1 Å². The van der Waals surface area contributed by atoms with E-state index in [4.69, 9.17) is 5.26 Å². The third-order valence-corrected chi connectivity index (χ3v) is 4.76. The summed E-state index contributed by atoms with van der Waals surface area (Å²) in [5.41, 5.74) is 2.24. The van der Waals surface area contributed by atoms with Gasteiger partial charge in [0.05, 0.1) is 23.9 Å². The van der Waals surface area contributed by atoms with Gasteiger partial charge in [-0.15, -0.1) is 25.2 Å². The second-order valence-electron chi connectivity index (χ2n) is 6.64. The third kappa shape index (κ3) is 3.19. The largest absolute Gasteiger partial charge is 0.333 e. The average molecular weight is 384 g/mol. The molecule has 0 radical (unpaired) electrons. The van der Waals surface area contributed by atoms with E-state index in [2.05, 4.69) is 46.1 Å². The van der Waals surface area contributed by atoms with Gasteiger partial charge in [-0.25, -0.2) is 0 Å². The van der Waals surface area contributed by atoms with E-state index in [1.165, 1.54) is 4.80 Å². The Hall–Kier alpha value is -4.13. The molecular formula is C19H16N10. The summed E-state index contributed by atoms with van der Waals surface area (Å²) in [5, 5.41) is 30.6. The summed E-state index contributed by atoms with van der Waals surface area (Å²) < 4.78 is 2.11. The lowest BCUT2D eigenvalue weighted by atomic mass is 10.2. The molecule has 10 nitrogen and oxygen atoms in total. The first kappa shape index (κ1) is 17.0. The molecule has 1 aromatic carbocycles. The summed E-state index contributed by atoms with van der Waals surface area (Å²) in [6, 6.07) is 13.1. The highest BCUT2D eigenvalue weighted by molar-refractivity contribution is 5.57. The Balaban J connectivity index is 1.40. The topological polar surface area (TPSA) is 114 Å². The molecule has 0 amide bonds. The van der Waals surface area contributed by atoms with Crippen LogP contribution in [0, 0.1) is 11.3 Å². The van der Waals surface area contributed by atoms with Crippen molar-refractivity contribution in [2.45, 2.75) is 19.5 Å². The lowest BCUT2D eigenvalue weighted by Crippen LogP contribution is -2.32. The molecule has 1 aliphatic rings. The Labute approximate surface area is 166 Å². The molecule has 4 aromatic rings. The zero-order valence-corrected chi connectivity index (χ0v) is 15.4. The first-order valence-electron chi connectivity index (χ1n) is 9.20. The van der Waals surface area contributed by atoms with Gasteiger partial charge in [0.2, 0.25) is 5.95 Å². The van der Waals surface area contributed by atoms with Gasteiger partial charge in [-0.3, -0.25) is 9.55 Å². The van der Waals surface area contributed by atoms with E-state index < -0.39 is 0 Å². The minimum atomic E-state index is 0.479. The number of nitriles is 1. The summed E-state index contributed by atoms with van der Waals surface area (Å²) in [4.78, 5) is 7.61. The maximum absolute atomic E-state index is 9.07. The van der Waals surface area contributed by atoms with Gasteiger partial charge in [0.1, 0.15) is 0 Å². The van der Waals surface area contributed by atoms with E-state index in [9.17, 15) is 0 Å². The van der Waals surface area contributed by atoms with Gasteiger partial charge in [-0.2, -0.15) is 5.26 Å². The summed E-state index contributed by atoms with van der Waals surface area (Å²) >= 11 is 0. The summed E-state index contributed by atoms with van der Waals surface area (Å²) in [6.45, 7) is 2.18. The molecule has 0 spiro atoms. The fourth-order valence-electron chi connectivity index (χ4n) is 3.41. The highest BCUT2D eigenvalue weighted by Crippen LogP contribution is 2.26. The number of tetrazole rings is 1. The van der Waals surface area contributed by atoms with Crippen LogP contribution >= 0.6 is 0 Å². The quantitative estimate of drug-likeness (QED) is 0.521. The predicted molar refractivity (Wildman–Crippen MR) is 103 cm³/mol. The molecule has 0 aliphatic carbocycles. The van der Waals surface area contributed by atoms with Gasteiger partial charge < -0.3 is 4.90 Å². The Bertz CT molecular complexity index is 1190. The second-order valence-corrected chi connectivity index (χ2v) is 6.64. The van der Waals surface area contributed by atoms with Crippen LogP contribution in [-0.2, 0) is 13.1 Å². The number of anilines is 1. The van der Waals surface area contributed by atoms with Gasteiger partial charge in [-0.1, -0.05) is 6.07 Å². The number of aromatic nitrogens is 8. The van der Waals surface area contributed by atoms with Gasteiger partial charge in [-0.05, 0) is 42.0 Å². The standard InChI is InChI=1S/C19H16N10/c20-12-14-3-1-4-16(11-14)29-25-17(22-26-29)13-27-9-2-10-28-18(23-24-19(27)28)15-5-7-21-8-6-15/h1,3-8,11H,2,9-10,13H2. The molecule has 142 valence electrons. The number of hydrogen-bond acceptors (Lipinski definition) is 8. The number of rotatable bonds is 4. The molecule has 0 atom stereocenters. The minimum absolute atomic E-state index is 0.479. The van der Waals surface area contributed by atoms with Gasteiger partial charge >= 0.3 is 0 Å². The van der Waals surface area contributed by atoms with E-state index in [1.807, 2.05) is 18.2 Å². The van der Waals surface area contributed by atoms with Crippen LogP contribution in [0.3, 0.4) is 0 Å². The first-order valence-corrected chi connectivity index (χ1v) is 9.20. The van der Waals surface area contributed by atoms with Gasteiger partial charge in [0, 0.05) is 31.0 Å². The minimum Gasteiger partial charge on any atom is -0.333 e. The number of pyridine rings is 1. The highest BCUT2D eigenvalue weighted by atomic mass is 15.6. The molecule has 5 rings (SSSR count). The van der Waals surface area contributed by atoms with E-state index >= 15 is 0 Å². The second kappa shape index (κ2) is 7.12. The molecule has 0 fully saturated rings. The van der Waals surface area contributed by atoms with Crippen molar-refractivity contribution in [3.05, 3.63) is 60.2 Å². The van der Waals surface area contributed by atoms with Gasteiger partial charge in [0.15, 0.2) is 11.6 Å². The number of hydrogen-bond donors (Lipinski definition) is 0. The maximum Gasteiger partial charge on any atom is 0.227 e. The maximum atomic E-state index is 9.07. The summed E-state index contributed by atoms with van der Waals surface area (Å²) in [6.07, 6.45) is 4.48. The van der Waals surface area contributed by atoms with Crippen molar-refractivity contribution < 1.29 is 0 Å². The predicted octanol–water partition coefficient (Wildman–Crippen LogP) is 1.60. The Morgan fingerprint density at radius 2 is 1.93 bits per heavy atom. The molecule has 1 aliphatic heterocycles. The van der Waals surface area contributed by atoms with E-state index in [1.54, 1.807) is 30.6 Å². The summed E-state index contributed by atoms with van der Waals surface area (Å²) in [5.74, 6) is 2.21. The van der Waals surface area contributed by atoms with Gasteiger partial charge in [0.25, 0.3) is 0 Å². The monoisotopic (exact) mass is 384 g/mol. The van der Waals surface area contributed by atoms with Crippen molar-refractivity contribution in [3.63, 3.8) is 0 Å². The van der Waals surface area contributed by atoms with Crippen molar-refractivity contribution in [2.24, 2.45) is 0 Å². The molecular weight excluding hydrogens is 368 g/mol. The first-order chi connectivity index (χ1) is 14.3. The molecule has 3 aromatic heterocycles. The molecule has 0 N–H and O–H groups in total. The van der Waals surface area contributed by atoms with Crippen molar-refractivity contribution in [2.75, 3.05) is 11.4 Å². The lowest BCUT2D eigenvalue weighted by Gasteiger charge is -2.27. The van der Waals surface area contributed by atoms with Crippen LogP contribution in [0.5, 0.6) is 0 Å². The van der Waals surface area contributed by atoms with Crippen molar-refractivity contribution in [1.82, 2.24) is 40.0 Å². The molecule has 0 saturated carbocycles. The summed E-state index contributed by atoms with van der Waals surface area (Å²) in [7, 11) is 0. The Morgan fingerprint density at radius 3 is 2.79 bits per heavy atom. The average Bonchev–Trinajstić information content (AvgIpc) is 3.42. The third-order valence-electron chi connectivity index (χ3n) is 4.76. The van der Waals surface area contributed by atoms with Crippen LogP contribution in [0.4, 0.5) is 5.95 Å². The fourth-order valence-corrected chi connectivity index (χ4v) is 3.41. The van der Waals surface area contributed by atoms with Crippen molar-refractivity contribution >= 4 is 5.95 Å². The zero-order valence-electron chi connectivity index (χ0n) is 15.4. The van der Waals surface area contributed by atoms with Crippen LogP contribution in [0.2, 0.25) is 0 Å². The van der Waals surface area contributed by atoms with Crippen LogP contribution in [0.15, 0.2) is 48.8 Å². The zero-order chi connectivity index (χ0) is 19.6. The molecule has 0 saturated heterocycles. The van der Waals surface area contributed by atoms with E-state index in [-0.39, 0.29) is 0 Å². The SMILES string of the molecule is N#Cc1cccc(-n2nnc(CN3CCCn4c(-c5ccncc5)nnc43)n2)c1. The molecule has 4 heterocycles. The number of fused-ring (bicyclic) bond motifs is 1. The Morgan fingerprint density at radius 1 is 1.03 bits per heavy atom. The van der Waals surface area contributed by atoms with Crippen molar-refractivity contribution in [1.29, 1.82) is 5.26 Å². The molecule has 0 bridgehead atoms. The van der Waals surface area contributed by atoms with Crippen LogP contribution in [0.1, 0.15) is 17.8 Å². The van der Waals surface area contributed by atoms with E-state index in [0.29, 0.717) is 23.6 Å². The Kier molecular flexibility index (Phi) is 4.18.